The van der Waals surface area contributed by atoms with Crippen molar-refractivity contribution in [2.24, 2.45) is 0 Å². The van der Waals surface area contributed by atoms with Crippen molar-refractivity contribution in [3.8, 4) is 0 Å². The summed E-state index contributed by atoms with van der Waals surface area (Å²) < 4.78 is 0.911. The average molecular weight is 356 g/mol. The van der Waals surface area contributed by atoms with Crippen molar-refractivity contribution in [2.45, 2.75) is 0 Å². The predicted molar refractivity (Wildman–Crippen MR) is 82.8 cm³/mol. The zero-order valence-electron chi connectivity index (χ0n) is 12.0. The van der Waals surface area contributed by atoms with Crippen LogP contribution < -0.4 is 15.6 Å². The minimum absolute atomic E-state index is 0.0197. The van der Waals surface area contributed by atoms with E-state index in [0.29, 0.717) is 5.56 Å². The molecule has 1 aliphatic heterocycles. The molecule has 2 amide bonds. The Bertz CT molecular complexity index is 498. The van der Waals surface area contributed by atoms with E-state index in [1.807, 2.05) is 5.01 Å². The van der Waals surface area contributed by atoms with E-state index in [1.54, 1.807) is 24.3 Å². The van der Waals surface area contributed by atoms with Crippen LogP contribution in [-0.4, -0.2) is 56.6 Å². The molecule has 114 valence electrons. The first kappa shape index (κ1) is 15.9. The first-order valence-electron chi connectivity index (χ1n) is 6.94. The Labute approximate surface area is 132 Å². The molecular formula is C14H20BrN4O2+. The van der Waals surface area contributed by atoms with Crippen LogP contribution in [0.15, 0.2) is 28.7 Å². The zero-order chi connectivity index (χ0) is 15.2. The molecule has 2 rings (SSSR count). The number of hydrogen-bond acceptors (Lipinski definition) is 3. The average Bonchev–Trinajstić information content (AvgIpc) is 2.48. The molecule has 1 fully saturated rings. The lowest BCUT2D eigenvalue weighted by Crippen LogP contribution is -3.12. The van der Waals surface area contributed by atoms with E-state index in [-0.39, 0.29) is 18.4 Å². The number of likely N-dealkylation sites (N-methyl/N-ethyl adjacent to an activating group) is 1. The van der Waals surface area contributed by atoms with Gasteiger partial charge in [-0.25, -0.2) is 5.01 Å². The summed E-state index contributed by atoms with van der Waals surface area (Å²) in [6, 6.07) is 7.00. The van der Waals surface area contributed by atoms with E-state index in [2.05, 4.69) is 33.7 Å². The smallest absolute Gasteiger partial charge is 0.253 e. The molecular weight excluding hydrogens is 336 g/mol. The molecule has 0 aliphatic carbocycles. The van der Waals surface area contributed by atoms with Gasteiger partial charge in [0.25, 0.3) is 11.8 Å². The Morgan fingerprint density at radius 2 is 1.86 bits per heavy atom. The molecule has 3 N–H and O–H groups in total. The van der Waals surface area contributed by atoms with Crippen molar-refractivity contribution in [1.82, 2.24) is 15.8 Å². The topological polar surface area (TPSA) is 65.9 Å². The number of hydrogen-bond donors (Lipinski definition) is 3. The summed E-state index contributed by atoms with van der Waals surface area (Å²) in [5.74, 6) is -0.444. The number of carbonyl (C=O) groups is 2. The molecule has 1 saturated heterocycles. The number of amides is 2. The van der Waals surface area contributed by atoms with E-state index in [4.69, 9.17) is 0 Å². The number of nitrogens with one attached hydrogen (secondary N) is 3. The molecule has 0 saturated carbocycles. The molecule has 0 aromatic heterocycles. The SMILES string of the molecule is C[NH+]1CCN(NC(=O)CNC(=O)c2ccc(Br)cc2)CC1. The van der Waals surface area contributed by atoms with Crippen molar-refractivity contribution in [1.29, 1.82) is 0 Å². The van der Waals surface area contributed by atoms with Gasteiger partial charge in [0.2, 0.25) is 0 Å². The molecule has 0 bridgehead atoms. The van der Waals surface area contributed by atoms with Gasteiger partial charge in [0.1, 0.15) is 0 Å². The van der Waals surface area contributed by atoms with Gasteiger partial charge in [-0.2, -0.15) is 0 Å². The maximum atomic E-state index is 11.9. The summed E-state index contributed by atoms with van der Waals surface area (Å²) >= 11 is 3.31. The number of carbonyl (C=O) groups excluding carboxylic acids is 2. The van der Waals surface area contributed by atoms with Crippen LogP contribution in [0.3, 0.4) is 0 Å². The number of piperazine rings is 1. The van der Waals surface area contributed by atoms with Crippen molar-refractivity contribution in [2.75, 3.05) is 39.8 Å². The number of halogens is 1. The molecule has 1 aliphatic rings. The van der Waals surface area contributed by atoms with E-state index in [9.17, 15) is 9.59 Å². The van der Waals surface area contributed by atoms with Gasteiger partial charge in [-0.1, -0.05) is 15.9 Å². The molecule has 6 nitrogen and oxygen atoms in total. The summed E-state index contributed by atoms with van der Waals surface area (Å²) in [5.41, 5.74) is 3.35. The van der Waals surface area contributed by atoms with Crippen LogP contribution in [0.5, 0.6) is 0 Å². The predicted octanol–water partition coefficient (Wildman–Crippen LogP) is -0.960. The Morgan fingerprint density at radius 3 is 2.48 bits per heavy atom. The largest absolute Gasteiger partial charge is 0.343 e. The normalized spacial score (nSPS) is 16.5. The monoisotopic (exact) mass is 355 g/mol. The molecule has 0 atom stereocenters. The second-order valence-corrected chi connectivity index (χ2v) is 6.08. The van der Waals surface area contributed by atoms with Gasteiger partial charge in [-0.05, 0) is 24.3 Å². The number of benzene rings is 1. The summed E-state index contributed by atoms with van der Waals surface area (Å²) in [7, 11) is 2.14. The van der Waals surface area contributed by atoms with E-state index in [1.165, 1.54) is 4.90 Å². The third kappa shape index (κ3) is 5.11. The second-order valence-electron chi connectivity index (χ2n) is 5.17. The van der Waals surface area contributed by atoms with Crippen molar-refractivity contribution >= 4 is 27.7 Å². The molecule has 1 aromatic carbocycles. The molecule has 1 aromatic rings. The molecule has 7 heteroatoms. The Morgan fingerprint density at radius 1 is 1.24 bits per heavy atom. The summed E-state index contributed by atoms with van der Waals surface area (Å²) in [6.07, 6.45) is 0. The number of hydrazine groups is 1. The molecule has 0 unspecified atom stereocenters. The Hall–Kier alpha value is -1.44. The fraction of sp³-hybridized carbons (Fsp3) is 0.429. The van der Waals surface area contributed by atoms with Gasteiger partial charge in [-0.15, -0.1) is 0 Å². The third-order valence-corrected chi connectivity index (χ3v) is 3.94. The molecule has 21 heavy (non-hydrogen) atoms. The fourth-order valence-electron chi connectivity index (χ4n) is 2.08. The summed E-state index contributed by atoms with van der Waals surface area (Å²) in [6.45, 7) is 3.65. The van der Waals surface area contributed by atoms with Gasteiger partial charge < -0.3 is 10.2 Å². The van der Waals surface area contributed by atoms with Crippen LogP contribution in [0.4, 0.5) is 0 Å². The Kier molecular flexibility index (Phi) is 5.72. The highest BCUT2D eigenvalue weighted by Crippen LogP contribution is 2.10. The minimum Gasteiger partial charge on any atom is -0.343 e. The van der Waals surface area contributed by atoms with E-state index in [0.717, 1.165) is 30.7 Å². The Balaban J connectivity index is 1.73. The van der Waals surface area contributed by atoms with Gasteiger partial charge in [0, 0.05) is 10.0 Å². The first-order chi connectivity index (χ1) is 10.0. The van der Waals surface area contributed by atoms with Gasteiger partial charge in [0.15, 0.2) is 0 Å². The van der Waals surface area contributed by atoms with Crippen LogP contribution in [0, 0.1) is 0 Å². The number of nitrogens with zero attached hydrogens (tertiary/aromatic N) is 1. The van der Waals surface area contributed by atoms with Crippen molar-refractivity contribution in [3.05, 3.63) is 34.3 Å². The molecule has 0 spiro atoms. The molecule has 1 heterocycles. The fourth-order valence-corrected chi connectivity index (χ4v) is 2.34. The standard InChI is InChI=1S/C14H19BrN4O2/c1-18-6-8-19(9-7-18)17-13(20)10-16-14(21)11-2-4-12(15)5-3-11/h2-5H,6-10H2,1H3,(H,16,21)(H,17,20)/p+1. The minimum atomic E-state index is -0.250. The maximum absolute atomic E-state index is 11.9. The van der Waals surface area contributed by atoms with Crippen LogP contribution >= 0.6 is 15.9 Å². The van der Waals surface area contributed by atoms with Gasteiger partial charge >= 0.3 is 0 Å². The van der Waals surface area contributed by atoms with E-state index < -0.39 is 0 Å². The van der Waals surface area contributed by atoms with E-state index >= 15 is 0 Å². The lowest BCUT2D eigenvalue weighted by atomic mass is 10.2. The van der Waals surface area contributed by atoms with Crippen molar-refractivity contribution in [3.63, 3.8) is 0 Å². The zero-order valence-corrected chi connectivity index (χ0v) is 13.6. The van der Waals surface area contributed by atoms with Crippen LogP contribution in [0.2, 0.25) is 0 Å². The van der Waals surface area contributed by atoms with Crippen LogP contribution in [-0.2, 0) is 4.79 Å². The van der Waals surface area contributed by atoms with Gasteiger partial charge in [-0.3, -0.25) is 15.0 Å². The summed E-state index contributed by atoms with van der Waals surface area (Å²) in [5, 5.41) is 4.52. The highest BCUT2D eigenvalue weighted by atomic mass is 79.9. The third-order valence-electron chi connectivity index (χ3n) is 3.42. The lowest BCUT2D eigenvalue weighted by Gasteiger charge is -2.30. The molecule has 0 radical (unpaired) electrons. The number of rotatable bonds is 4. The summed E-state index contributed by atoms with van der Waals surface area (Å²) in [4.78, 5) is 25.1. The highest BCUT2D eigenvalue weighted by molar-refractivity contribution is 9.10. The van der Waals surface area contributed by atoms with Gasteiger partial charge in [0.05, 0.1) is 39.8 Å². The van der Waals surface area contributed by atoms with Crippen LogP contribution in [0.25, 0.3) is 0 Å². The number of quaternary nitrogens is 1. The first-order valence-corrected chi connectivity index (χ1v) is 7.73. The lowest BCUT2D eigenvalue weighted by molar-refractivity contribution is -0.884. The second kappa shape index (κ2) is 7.53. The van der Waals surface area contributed by atoms with Crippen LogP contribution in [0.1, 0.15) is 10.4 Å². The quantitative estimate of drug-likeness (QED) is 0.651. The maximum Gasteiger partial charge on any atom is 0.253 e. The highest BCUT2D eigenvalue weighted by Gasteiger charge is 2.18. The van der Waals surface area contributed by atoms with Crippen molar-refractivity contribution < 1.29 is 14.5 Å².